The van der Waals surface area contributed by atoms with Gasteiger partial charge in [-0.1, -0.05) is 48.5 Å². The van der Waals surface area contributed by atoms with Crippen LogP contribution in [0.25, 0.3) is 0 Å². The molecular weight excluding hydrogens is 312 g/mol. The molecule has 4 rings (SSSR count). The number of carbonyl (C=O) groups is 1. The number of rotatable bonds is 4. The van der Waals surface area contributed by atoms with Crippen molar-refractivity contribution in [2.45, 2.75) is 44.2 Å². The van der Waals surface area contributed by atoms with Gasteiger partial charge in [-0.25, -0.2) is 4.79 Å². The van der Waals surface area contributed by atoms with Crippen molar-refractivity contribution in [1.29, 1.82) is 0 Å². The summed E-state index contributed by atoms with van der Waals surface area (Å²) in [5, 5.41) is 6.58. The highest BCUT2D eigenvalue weighted by Crippen LogP contribution is 2.35. The average molecular weight is 334 g/mol. The molecule has 0 radical (unpaired) electrons. The van der Waals surface area contributed by atoms with Crippen molar-refractivity contribution in [2.75, 3.05) is 5.01 Å². The van der Waals surface area contributed by atoms with Crippen molar-refractivity contribution in [1.82, 2.24) is 0 Å². The fourth-order valence-electron chi connectivity index (χ4n) is 3.61. The van der Waals surface area contributed by atoms with Gasteiger partial charge in [0.1, 0.15) is 11.8 Å². The highest BCUT2D eigenvalue weighted by Gasteiger charge is 2.34. The van der Waals surface area contributed by atoms with E-state index in [1.54, 1.807) is 0 Å². The largest absolute Gasteiger partial charge is 0.458 e. The number of esters is 1. The number of benzene rings is 2. The van der Waals surface area contributed by atoms with Crippen LogP contribution < -0.4 is 5.01 Å². The second-order valence-electron chi connectivity index (χ2n) is 6.67. The van der Waals surface area contributed by atoms with E-state index in [1.807, 2.05) is 53.5 Å². The molecule has 4 heteroatoms. The van der Waals surface area contributed by atoms with Crippen LogP contribution in [0.1, 0.15) is 43.7 Å². The van der Waals surface area contributed by atoms with E-state index in [0.717, 1.165) is 36.9 Å². The lowest BCUT2D eigenvalue weighted by atomic mass is 10.0. The minimum Gasteiger partial charge on any atom is -0.458 e. The highest BCUT2D eigenvalue weighted by atomic mass is 16.5. The van der Waals surface area contributed by atoms with Crippen molar-refractivity contribution in [3.05, 3.63) is 66.2 Å². The van der Waals surface area contributed by atoms with Crippen LogP contribution in [0.5, 0.6) is 0 Å². The van der Waals surface area contributed by atoms with E-state index in [-0.39, 0.29) is 18.1 Å². The maximum Gasteiger partial charge on any atom is 0.354 e. The number of para-hydroxylation sites is 1. The monoisotopic (exact) mass is 334 g/mol. The molecular formula is C21H22N2O2. The van der Waals surface area contributed by atoms with Gasteiger partial charge in [0, 0.05) is 6.42 Å². The molecule has 1 aliphatic heterocycles. The Morgan fingerprint density at radius 2 is 1.60 bits per heavy atom. The van der Waals surface area contributed by atoms with Gasteiger partial charge in [-0.3, -0.25) is 5.01 Å². The van der Waals surface area contributed by atoms with Crippen molar-refractivity contribution in [3.63, 3.8) is 0 Å². The Morgan fingerprint density at radius 3 is 2.28 bits per heavy atom. The fourth-order valence-corrected chi connectivity index (χ4v) is 3.61. The second kappa shape index (κ2) is 7.09. The molecule has 1 saturated carbocycles. The van der Waals surface area contributed by atoms with Crippen LogP contribution in [0.2, 0.25) is 0 Å². The maximum absolute atomic E-state index is 12.6. The van der Waals surface area contributed by atoms with Gasteiger partial charge >= 0.3 is 5.97 Å². The predicted molar refractivity (Wildman–Crippen MR) is 98.5 cm³/mol. The van der Waals surface area contributed by atoms with Crippen LogP contribution >= 0.6 is 0 Å². The summed E-state index contributed by atoms with van der Waals surface area (Å²) in [7, 11) is 0. The number of nitrogens with zero attached hydrogens (tertiary/aromatic N) is 2. The normalized spacial score (nSPS) is 20.6. The molecule has 25 heavy (non-hydrogen) atoms. The number of hydrazone groups is 1. The van der Waals surface area contributed by atoms with Crippen LogP contribution in [0.15, 0.2) is 65.8 Å². The quantitative estimate of drug-likeness (QED) is 0.774. The highest BCUT2D eigenvalue weighted by molar-refractivity contribution is 6.37. The Balaban J connectivity index is 1.59. The van der Waals surface area contributed by atoms with E-state index in [4.69, 9.17) is 4.74 Å². The lowest BCUT2D eigenvalue weighted by Gasteiger charge is -2.23. The molecule has 2 aromatic rings. The van der Waals surface area contributed by atoms with Gasteiger partial charge in [-0.2, -0.15) is 5.10 Å². The molecule has 1 fully saturated rings. The van der Waals surface area contributed by atoms with Crippen LogP contribution in [0.3, 0.4) is 0 Å². The van der Waals surface area contributed by atoms with Crippen molar-refractivity contribution >= 4 is 17.4 Å². The van der Waals surface area contributed by atoms with Gasteiger partial charge in [-0.15, -0.1) is 0 Å². The molecule has 0 bridgehead atoms. The van der Waals surface area contributed by atoms with Gasteiger partial charge in [-0.05, 0) is 43.4 Å². The summed E-state index contributed by atoms with van der Waals surface area (Å²) in [4.78, 5) is 12.6. The number of hydrogen-bond donors (Lipinski definition) is 0. The minimum atomic E-state index is -0.258. The summed E-state index contributed by atoms with van der Waals surface area (Å²) in [6, 6.07) is 20.2. The molecule has 2 aromatic carbocycles. The molecule has 1 atom stereocenters. The average Bonchev–Trinajstić information content (AvgIpc) is 3.33. The number of ether oxygens (including phenoxy) is 1. The first-order chi connectivity index (χ1) is 12.3. The van der Waals surface area contributed by atoms with E-state index in [1.165, 1.54) is 0 Å². The van der Waals surface area contributed by atoms with E-state index in [2.05, 4.69) is 17.2 Å². The van der Waals surface area contributed by atoms with E-state index in [9.17, 15) is 4.79 Å². The first-order valence-corrected chi connectivity index (χ1v) is 8.99. The van der Waals surface area contributed by atoms with Gasteiger partial charge in [0.25, 0.3) is 0 Å². The zero-order valence-electron chi connectivity index (χ0n) is 14.2. The zero-order valence-corrected chi connectivity index (χ0v) is 14.2. The van der Waals surface area contributed by atoms with Gasteiger partial charge in [0.05, 0.1) is 11.7 Å². The summed E-state index contributed by atoms with van der Waals surface area (Å²) >= 11 is 0. The SMILES string of the molecule is O=C(OC1CCCC1)C1=NN(c2ccccc2)[C@@H](c2ccccc2)C1. The molecule has 0 saturated heterocycles. The smallest absolute Gasteiger partial charge is 0.354 e. The second-order valence-corrected chi connectivity index (χ2v) is 6.67. The molecule has 0 aromatic heterocycles. The van der Waals surface area contributed by atoms with Crippen LogP contribution in [-0.2, 0) is 9.53 Å². The molecule has 128 valence electrons. The fraction of sp³-hybridized carbons (Fsp3) is 0.333. The first-order valence-electron chi connectivity index (χ1n) is 8.99. The van der Waals surface area contributed by atoms with Gasteiger partial charge in [0.15, 0.2) is 0 Å². The van der Waals surface area contributed by atoms with Gasteiger partial charge < -0.3 is 4.74 Å². The Kier molecular flexibility index (Phi) is 4.51. The summed E-state index contributed by atoms with van der Waals surface area (Å²) < 4.78 is 5.67. The third-order valence-electron chi connectivity index (χ3n) is 4.93. The lowest BCUT2D eigenvalue weighted by molar-refractivity contribution is -0.140. The summed E-state index contributed by atoms with van der Waals surface area (Å²) in [5.41, 5.74) is 2.66. The van der Waals surface area contributed by atoms with E-state index in [0.29, 0.717) is 12.1 Å². The Morgan fingerprint density at radius 1 is 0.960 bits per heavy atom. The molecule has 1 heterocycles. The molecule has 0 unspecified atom stereocenters. The third-order valence-corrected chi connectivity index (χ3v) is 4.93. The van der Waals surface area contributed by atoms with Crippen LogP contribution in [0.4, 0.5) is 5.69 Å². The minimum absolute atomic E-state index is 0.0229. The number of carbonyl (C=O) groups excluding carboxylic acids is 1. The zero-order chi connectivity index (χ0) is 17.1. The maximum atomic E-state index is 12.6. The molecule has 1 aliphatic carbocycles. The first kappa shape index (κ1) is 15.9. The van der Waals surface area contributed by atoms with Gasteiger partial charge in [0.2, 0.25) is 0 Å². The van der Waals surface area contributed by atoms with E-state index >= 15 is 0 Å². The predicted octanol–water partition coefficient (Wildman–Crippen LogP) is 4.48. The lowest BCUT2D eigenvalue weighted by Crippen LogP contribution is -2.22. The molecule has 0 N–H and O–H groups in total. The number of hydrogen-bond acceptors (Lipinski definition) is 4. The third kappa shape index (κ3) is 3.43. The topological polar surface area (TPSA) is 41.9 Å². The van der Waals surface area contributed by atoms with Crippen molar-refractivity contribution in [3.8, 4) is 0 Å². The molecule has 2 aliphatic rings. The number of anilines is 1. The standard InChI is InChI=1S/C21H22N2O2/c24-21(25-18-13-7-8-14-18)19-15-20(16-9-3-1-4-10-16)23(22-19)17-11-5-2-6-12-17/h1-6,9-12,18,20H,7-8,13-15H2/t20-/m1/s1. The summed E-state index contributed by atoms with van der Waals surface area (Å²) in [6.07, 6.45) is 4.88. The Bertz CT molecular complexity index is 752. The molecule has 0 amide bonds. The van der Waals surface area contributed by atoms with Crippen molar-refractivity contribution in [2.24, 2.45) is 5.10 Å². The summed E-state index contributed by atoms with van der Waals surface area (Å²) in [5.74, 6) is -0.258. The van der Waals surface area contributed by atoms with Crippen LogP contribution in [-0.4, -0.2) is 17.8 Å². The Labute approximate surface area is 148 Å². The van der Waals surface area contributed by atoms with E-state index < -0.39 is 0 Å². The molecule has 0 spiro atoms. The van der Waals surface area contributed by atoms with Crippen LogP contribution in [0, 0.1) is 0 Å². The van der Waals surface area contributed by atoms with Crippen molar-refractivity contribution < 1.29 is 9.53 Å². The summed E-state index contributed by atoms with van der Waals surface area (Å²) in [6.45, 7) is 0. The molecule has 4 nitrogen and oxygen atoms in total. The Hall–Kier alpha value is -2.62.